The molecule has 2 rings (SSSR count). The van der Waals surface area contributed by atoms with Crippen LogP contribution in [0.25, 0.3) is 0 Å². The third-order valence-electron chi connectivity index (χ3n) is 3.06. The number of rotatable bonds is 3. The van der Waals surface area contributed by atoms with E-state index in [9.17, 15) is 13.2 Å². The van der Waals surface area contributed by atoms with E-state index in [2.05, 4.69) is 5.32 Å². The smallest absolute Gasteiger partial charge is 0.320 e. The summed E-state index contributed by atoms with van der Waals surface area (Å²) >= 11 is 0. The van der Waals surface area contributed by atoms with Crippen LogP contribution in [0.15, 0.2) is 0 Å². The van der Waals surface area contributed by atoms with E-state index in [0.717, 1.165) is 13.1 Å². The molecule has 7 heteroatoms. The molecule has 0 unspecified atom stereocenters. The predicted molar refractivity (Wildman–Crippen MR) is 52.8 cm³/mol. The molecule has 2 heterocycles. The molecule has 2 aliphatic heterocycles. The maximum Gasteiger partial charge on any atom is 0.320 e. The van der Waals surface area contributed by atoms with E-state index in [0.29, 0.717) is 24.9 Å². The number of aliphatic carboxylic acids is 1. The van der Waals surface area contributed by atoms with Crippen molar-refractivity contribution in [2.75, 3.05) is 31.9 Å². The summed E-state index contributed by atoms with van der Waals surface area (Å²) in [5.74, 6) is -1.37. The van der Waals surface area contributed by atoms with Crippen LogP contribution in [0.1, 0.15) is 0 Å². The Bertz CT molecular complexity index is 355. The maximum absolute atomic E-state index is 11.6. The van der Waals surface area contributed by atoms with Gasteiger partial charge in [-0.25, -0.2) is 12.7 Å². The van der Waals surface area contributed by atoms with Crippen LogP contribution in [0.5, 0.6) is 0 Å². The van der Waals surface area contributed by atoms with Gasteiger partial charge in [-0.15, -0.1) is 0 Å². The minimum absolute atomic E-state index is 0.355. The molecule has 0 spiro atoms. The molecular formula is C8H14N2O4S. The van der Waals surface area contributed by atoms with Crippen molar-refractivity contribution in [3.05, 3.63) is 0 Å². The van der Waals surface area contributed by atoms with Gasteiger partial charge < -0.3 is 10.4 Å². The Hall–Kier alpha value is -0.660. The zero-order chi connectivity index (χ0) is 11.1. The summed E-state index contributed by atoms with van der Waals surface area (Å²) in [5.41, 5.74) is 0. The fraction of sp³-hybridized carbons (Fsp3) is 0.875. The summed E-state index contributed by atoms with van der Waals surface area (Å²) < 4.78 is 24.5. The Balaban J connectivity index is 2.04. The second-order valence-corrected chi connectivity index (χ2v) is 6.11. The lowest BCUT2D eigenvalue weighted by Crippen LogP contribution is -2.35. The normalized spacial score (nSPS) is 31.7. The molecule has 0 amide bonds. The highest BCUT2D eigenvalue weighted by molar-refractivity contribution is 7.89. The Morgan fingerprint density at radius 3 is 2.33 bits per heavy atom. The second-order valence-electron chi connectivity index (χ2n) is 4.15. The highest BCUT2D eigenvalue weighted by Crippen LogP contribution is 2.28. The van der Waals surface area contributed by atoms with Crippen molar-refractivity contribution in [1.82, 2.24) is 9.62 Å². The highest BCUT2D eigenvalue weighted by Gasteiger charge is 2.41. The lowest BCUT2D eigenvalue weighted by Gasteiger charge is -2.15. The average molecular weight is 234 g/mol. The first-order chi connectivity index (χ1) is 6.99. The van der Waals surface area contributed by atoms with Crippen LogP contribution in [0.3, 0.4) is 0 Å². The largest absolute Gasteiger partial charge is 0.480 e. The lowest BCUT2D eigenvalue weighted by atomic mass is 10.0. The number of fused-ring (bicyclic) bond motifs is 1. The molecule has 6 nitrogen and oxygen atoms in total. The third-order valence-corrected chi connectivity index (χ3v) is 4.75. The molecule has 0 saturated carbocycles. The third kappa shape index (κ3) is 2.14. The first-order valence-corrected chi connectivity index (χ1v) is 6.50. The summed E-state index contributed by atoms with van der Waals surface area (Å²) in [5, 5.41) is 11.7. The number of nitrogens with one attached hydrogen (secondary N) is 1. The lowest BCUT2D eigenvalue weighted by molar-refractivity contribution is -0.134. The van der Waals surface area contributed by atoms with Gasteiger partial charge >= 0.3 is 5.97 Å². The van der Waals surface area contributed by atoms with Crippen molar-refractivity contribution in [3.63, 3.8) is 0 Å². The van der Waals surface area contributed by atoms with Gasteiger partial charge in [0.05, 0.1) is 0 Å². The molecular weight excluding hydrogens is 220 g/mol. The van der Waals surface area contributed by atoms with Crippen LogP contribution in [0, 0.1) is 11.8 Å². The Kier molecular flexibility index (Phi) is 2.70. The molecule has 0 radical (unpaired) electrons. The van der Waals surface area contributed by atoms with Gasteiger partial charge in [-0.2, -0.15) is 0 Å². The number of carboxylic acids is 1. The van der Waals surface area contributed by atoms with Crippen LogP contribution >= 0.6 is 0 Å². The molecule has 15 heavy (non-hydrogen) atoms. The highest BCUT2D eigenvalue weighted by atomic mass is 32.2. The SMILES string of the molecule is O=C(O)CS(=O)(=O)N1C[C@H]2CNC[C@H]2C1. The van der Waals surface area contributed by atoms with Gasteiger partial charge in [-0.05, 0) is 24.9 Å². The van der Waals surface area contributed by atoms with Gasteiger partial charge in [0.25, 0.3) is 0 Å². The van der Waals surface area contributed by atoms with Crippen LogP contribution in [0.4, 0.5) is 0 Å². The standard InChI is InChI=1S/C8H14N2O4S/c11-8(12)5-15(13,14)10-3-6-1-9-2-7(6)4-10/h6-7,9H,1-5H2,(H,11,12)/t6-,7+. The van der Waals surface area contributed by atoms with E-state index >= 15 is 0 Å². The van der Waals surface area contributed by atoms with Crippen molar-refractivity contribution in [1.29, 1.82) is 0 Å². The zero-order valence-corrected chi connectivity index (χ0v) is 9.03. The first kappa shape index (κ1) is 10.8. The van der Waals surface area contributed by atoms with Crippen molar-refractivity contribution in [2.24, 2.45) is 11.8 Å². The van der Waals surface area contributed by atoms with E-state index in [1.54, 1.807) is 0 Å². The zero-order valence-electron chi connectivity index (χ0n) is 8.22. The molecule has 2 atom stereocenters. The van der Waals surface area contributed by atoms with E-state index in [-0.39, 0.29) is 0 Å². The molecule has 0 aromatic carbocycles. The van der Waals surface area contributed by atoms with E-state index in [4.69, 9.17) is 5.11 Å². The second kappa shape index (κ2) is 3.73. The quantitative estimate of drug-likeness (QED) is 0.624. The van der Waals surface area contributed by atoms with E-state index in [1.165, 1.54) is 4.31 Å². The van der Waals surface area contributed by atoms with Crippen molar-refractivity contribution >= 4 is 16.0 Å². The van der Waals surface area contributed by atoms with Crippen molar-refractivity contribution in [2.45, 2.75) is 0 Å². The average Bonchev–Trinajstić information content (AvgIpc) is 2.56. The summed E-state index contributed by atoms with van der Waals surface area (Å²) in [7, 11) is -3.60. The summed E-state index contributed by atoms with van der Waals surface area (Å²) in [6.45, 7) is 2.61. The Labute approximate surface area is 88.3 Å². The molecule has 2 N–H and O–H groups in total. The van der Waals surface area contributed by atoms with E-state index < -0.39 is 21.7 Å². The maximum atomic E-state index is 11.6. The van der Waals surface area contributed by atoms with Crippen LogP contribution in [-0.2, 0) is 14.8 Å². The number of carboxylic acid groups (broad SMARTS) is 1. The molecule has 86 valence electrons. The molecule has 2 saturated heterocycles. The van der Waals surface area contributed by atoms with Gasteiger partial charge in [-0.3, -0.25) is 4.79 Å². The van der Waals surface area contributed by atoms with Crippen LogP contribution < -0.4 is 5.32 Å². The summed E-state index contributed by atoms with van der Waals surface area (Å²) in [6, 6.07) is 0. The molecule has 2 aliphatic rings. The number of carbonyl (C=O) groups is 1. The molecule has 0 aliphatic carbocycles. The van der Waals surface area contributed by atoms with Gasteiger partial charge in [0.2, 0.25) is 10.0 Å². The molecule has 0 bridgehead atoms. The Morgan fingerprint density at radius 2 is 1.87 bits per heavy atom. The number of nitrogens with zero attached hydrogens (tertiary/aromatic N) is 1. The fourth-order valence-electron chi connectivity index (χ4n) is 2.29. The number of hydrogen-bond acceptors (Lipinski definition) is 4. The monoisotopic (exact) mass is 234 g/mol. The van der Waals surface area contributed by atoms with Crippen molar-refractivity contribution in [3.8, 4) is 0 Å². The summed E-state index contributed by atoms with van der Waals surface area (Å²) in [6.07, 6.45) is 0. The van der Waals surface area contributed by atoms with Gasteiger partial charge in [-0.1, -0.05) is 0 Å². The van der Waals surface area contributed by atoms with Gasteiger partial charge in [0.1, 0.15) is 0 Å². The van der Waals surface area contributed by atoms with Gasteiger partial charge in [0.15, 0.2) is 5.75 Å². The van der Waals surface area contributed by atoms with Gasteiger partial charge in [0, 0.05) is 13.1 Å². The fourth-order valence-corrected chi connectivity index (χ4v) is 3.62. The Morgan fingerprint density at radius 1 is 1.33 bits per heavy atom. The van der Waals surface area contributed by atoms with E-state index in [1.807, 2.05) is 0 Å². The minimum Gasteiger partial charge on any atom is -0.480 e. The predicted octanol–water partition coefficient (Wildman–Crippen LogP) is -1.45. The topological polar surface area (TPSA) is 86.7 Å². The minimum atomic E-state index is -3.60. The molecule has 0 aromatic heterocycles. The summed E-state index contributed by atoms with van der Waals surface area (Å²) in [4.78, 5) is 10.4. The van der Waals surface area contributed by atoms with Crippen LogP contribution in [-0.4, -0.2) is 55.7 Å². The van der Waals surface area contributed by atoms with Crippen molar-refractivity contribution < 1.29 is 18.3 Å². The number of sulfonamides is 1. The van der Waals surface area contributed by atoms with Crippen LogP contribution in [0.2, 0.25) is 0 Å². The molecule has 0 aromatic rings. The first-order valence-electron chi connectivity index (χ1n) is 4.89. The number of hydrogen-bond donors (Lipinski definition) is 2. The molecule has 2 fully saturated rings.